The molecule has 100 valence electrons. The molecule has 0 amide bonds. The van der Waals surface area contributed by atoms with Crippen molar-refractivity contribution in [3.05, 3.63) is 47.9 Å². The number of hydrogen-bond donors (Lipinski definition) is 2. The second-order valence-electron chi connectivity index (χ2n) is 4.20. The molecule has 1 heterocycles. The Hall–Kier alpha value is -2.49. The summed E-state index contributed by atoms with van der Waals surface area (Å²) in [6.45, 7) is 1.38. The molecular formula is C15H12N2O2S. The number of thiocarbonyl (C=S) groups is 1. The van der Waals surface area contributed by atoms with Gasteiger partial charge in [-0.3, -0.25) is 4.79 Å². The number of ketones is 1. The molecule has 0 unspecified atom stereocenters. The van der Waals surface area contributed by atoms with E-state index in [9.17, 15) is 9.90 Å². The summed E-state index contributed by atoms with van der Waals surface area (Å²) < 4.78 is 0. The van der Waals surface area contributed by atoms with Crippen LogP contribution in [0.2, 0.25) is 0 Å². The molecule has 1 aromatic heterocycles. The minimum Gasteiger partial charge on any atom is -0.508 e. The number of hydrogen-bond acceptors (Lipinski definition) is 4. The Bertz CT molecular complexity index is 765. The highest BCUT2D eigenvalue weighted by Gasteiger charge is 2.02. The lowest BCUT2D eigenvalue weighted by molar-refractivity contribution is -0.112. The Morgan fingerprint density at radius 1 is 1.50 bits per heavy atom. The summed E-state index contributed by atoms with van der Waals surface area (Å²) in [5.74, 6) is -0.283. The lowest BCUT2D eigenvalue weighted by Crippen LogP contribution is -1.84. The zero-order valence-corrected chi connectivity index (χ0v) is 11.6. The number of aliphatic hydroxyl groups is 1. The Morgan fingerprint density at radius 3 is 3.00 bits per heavy atom. The second kappa shape index (κ2) is 6.10. The normalized spacial score (nSPS) is 11.8. The number of aromatic nitrogens is 1. The highest BCUT2D eigenvalue weighted by Crippen LogP contribution is 2.26. The minimum absolute atomic E-state index is 0.0798. The molecule has 0 aliphatic heterocycles. The van der Waals surface area contributed by atoms with E-state index in [1.165, 1.54) is 13.0 Å². The van der Waals surface area contributed by atoms with E-state index >= 15 is 0 Å². The number of nitrogens with zero attached hydrogens (tertiary/aromatic N) is 1. The number of nitrogens with one attached hydrogen (secondary N) is 1. The minimum atomic E-state index is -0.203. The van der Waals surface area contributed by atoms with Crippen molar-refractivity contribution in [2.24, 2.45) is 4.99 Å². The van der Waals surface area contributed by atoms with E-state index < -0.39 is 0 Å². The maximum Gasteiger partial charge on any atom is 0.156 e. The Balaban J connectivity index is 2.36. The highest BCUT2D eigenvalue weighted by atomic mass is 32.1. The van der Waals surface area contributed by atoms with Crippen molar-refractivity contribution in [3.63, 3.8) is 0 Å². The van der Waals surface area contributed by atoms with Gasteiger partial charge in [-0.25, -0.2) is 0 Å². The monoisotopic (exact) mass is 284 g/mol. The molecule has 0 saturated carbocycles. The quantitative estimate of drug-likeness (QED) is 0.294. The number of allylic oxidation sites excluding steroid dienone is 2. The zero-order chi connectivity index (χ0) is 14.5. The molecule has 0 atom stereocenters. The zero-order valence-electron chi connectivity index (χ0n) is 10.8. The van der Waals surface area contributed by atoms with Gasteiger partial charge in [-0.2, -0.15) is 4.99 Å². The molecule has 0 spiro atoms. The molecule has 0 fully saturated rings. The number of isothiocyanates is 1. The van der Waals surface area contributed by atoms with E-state index in [4.69, 9.17) is 0 Å². The van der Waals surface area contributed by atoms with E-state index in [0.717, 1.165) is 22.5 Å². The van der Waals surface area contributed by atoms with Gasteiger partial charge in [0.2, 0.25) is 0 Å². The third-order valence-corrected chi connectivity index (χ3v) is 2.74. The van der Waals surface area contributed by atoms with Crippen LogP contribution in [0.3, 0.4) is 0 Å². The summed E-state index contributed by atoms with van der Waals surface area (Å²) in [6, 6.07) is 5.71. The van der Waals surface area contributed by atoms with Gasteiger partial charge in [0.25, 0.3) is 0 Å². The first kappa shape index (κ1) is 13.9. The number of carbonyl (C=O) groups excluding carboxylic acids is 1. The Labute approximate surface area is 121 Å². The number of rotatable bonds is 4. The number of aromatic amines is 1. The molecule has 1 aromatic carbocycles. The first-order valence-electron chi connectivity index (χ1n) is 5.88. The number of aliphatic imine (C=N–C) groups is 1. The van der Waals surface area contributed by atoms with Crippen LogP contribution < -0.4 is 0 Å². The Kier molecular flexibility index (Phi) is 4.25. The number of fused-ring (bicyclic) bond motifs is 1. The number of benzene rings is 1. The molecule has 20 heavy (non-hydrogen) atoms. The summed E-state index contributed by atoms with van der Waals surface area (Å²) in [6.07, 6.45) is 6.10. The van der Waals surface area contributed by atoms with E-state index in [0.29, 0.717) is 5.69 Å². The average Bonchev–Trinajstić information content (AvgIpc) is 2.79. The second-order valence-corrected chi connectivity index (χ2v) is 4.38. The lowest BCUT2D eigenvalue weighted by atomic mass is 10.1. The topological polar surface area (TPSA) is 65.4 Å². The molecule has 2 N–H and O–H groups in total. The highest BCUT2D eigenvalue weighted by molar-refractivity contribution is 7.78. The van der Waals surface area contributed by atoms with E-state index in [-0.39, 0.29) is 11.5 Å². The van der Waals surface area contributed by atoms with Gasteiger partial charge in [-0.1, -0.05) is 12.1 Å². The molecule has 2 aromatic rings. The Morgan fingerprint density at radius 2 is 2.30 bits per heavy atom. The van der Waals surface area contributed by atoms with Crippen LogP contribution in [0.5, 0.6) is 0 Å². The summed E-state index contributed by atoms with van der Waals surface area (Å²) in [4.78, 5) is 17.9. The van der Waals surface area contributed by atoms with Crippen molar-refractivity contribution < 1.29 is 9.90 Å². The lowest BCUT2D eigenvalue weighted by Gasteiger charge is -1.96. The predicted octanol–water partition coefficient (Wildman–Crippen LogP) is 3.95. The van der Waals surface area contributed by atoms with Crippen LogP contribution in [0, 0.1) is 0 Å². The van der Waals surface area contributed by atoms with E-state index in [2.05, 4.69) is 27.4 Å². The molecule has 0 aliphatic rings. The molecule has 0 aliphatic carbocycles. The van der Waals surface area contributed by atoms with E-state index in [1.54, 1.807) is 12.3 Å². The number of carbonyl (C=O) groups is 1. The smallest absolute Gasteiger partial charge is 0.156 e. The standard InChI is InChI=1S/C15H12N2O2S/c1-10(18)6-12(19)4-2-11-3-5-14-13(7-11)15(8-16-14)17-9-20/h2-8,16,19H,1H3/b4-2+,12-6?. The van der Waals surface area contributed by atoms with Crippen LogP contribution in [0.1, 0.15) is 12.5 Å². The van der Waals surface area contributed by atoms with E-state index in [1.807, 2.05) is 18.2 Å². The first-order valence-corrected chi connectivity index (χ1v) is 6.29. The van der Waals surface area contributed by atoms with Crippen molar-refractivity contribution in [1.82, 2.24) is 4.98 Å². The van der Waals surface area contributed by atoms with Crippen LogP contribution in [0.4, 0.5) is 5.69 Å². The van der Waals surface area contributed by atoms with Gasteiger partial charge in [0.1, 0.15) is 5.76 Å². The fourth-order valence-corrected chi connectivity index (χ4v) is 1.91. The van der Waals surface area contributed by atoms with Crippen molar-refractivity contribution in [3.8, 4) is 0 Å². The SMILES string of the molecule is CC(=O)C=C(O)/C=C/c1ccc2[nH]cc(N=C=S)c2c1. The molecule has 0 bridgehead atoms. The molecule has 5 heteroatoms. The van der Waals surface area contributed by atoms with Crippen molar-refractivity contribution >= 4 is 45.8 Å². The molecular weight excluding hydrogens is 272 g/mol. The molecule has 2 rings (SSSR count). The van der Waals surface area contributed by atoms with Gasteiger partial charge >= 0.3 is 0 Å². The first-order chi connectivity index (χ1) is 9.60. The summed E-state index contributed by atoms with van der Waals surface area (Å²) in [5.41, 5.74) is 2.53. The molecule has 0 saturated heterocycles. The van der Waals surface area contributed by atoms with Gasteiger partial charge in [0, 0.05) is 23.2 Å². The van der Waals surface area contributed by atoms with Gasteiger partial charge < -0.3 is 10.1 Å². The fraction of sp³-hybridized carbons (Fsp3) is 0.0667. The molecule has 4 nitrogen and oxygen atoms in total. The summed E-state index contributed by atoms with van der Waals surface area (Å²) >= 11 is 4.60. The van der Waals surface area contributed by atoms with Crippen molar-refractivity contribution in [2.75, 3.05) is 0 Å². The maximum absolute atomic E-state index is 10.8. The maximum atomic E-state index is 10.8. The largest absolute Gasteiger partial charge is 0.508 e. The van der Waals surface area contributed by atoms with Crippen LogP contribution >= 0.6 is 12.2 Å². The average molecular weight is 284 g/mol. The van der Waals surface area contributed by atoms with Crippen LogP contribution in [-0.2, 0) is 4.79 Å². The summed E-state index contributed by atoms with van der Waals surface area (Å²) in [5, 5.41) is 12.8. The van der Waals surface area contributed by atoms with Crippen molar-refractivity contribution in [1.29, 1.82) is 0 Å². The summed E-state index contributed by atoms with van der Waals surface area (Å²) in [7, 11) is 0. The van der Waals surface area contributed by atoms with Crippen LogP contribution in [-0.4, -0.2) is 21.0 Å². The number of aliphatic hydroxyl groups excluding tert-OH is 1. The number of H-pyrrole nitrogens is 1. The van der Waals surface area contributed by atoms with Crippen molar-refractivity contribution in [2.45, 2.75) is 6.92 Å². The van der Waals surface area contributed by atoms with Gasteiger partial charge in [-0.05, 0) is 42.9 Å². The third-order valence-electron chi connectivity index (χ3n) is 2.65. The molecule has 0 radical (unpaired) electrons. The fourth-order valence-electron chi connectivity index (χ4n) is 1.81. The van der Waals surface area contributed by atoms with Gasteiger partial charge in [0.15, 0.2) is 5.78 Å². The van der Waals surface area contributed by atoms with Crippen LogP contribution in [0.25, 0.3) is 17.0 Å². The van der Waals surface area contributed by atoms with Gasteiger partial charge in [-0.15, -0.1) is 0 Å². The predicted molar refractivity (Wildman–Crippen MR) is 83.4 cm³/mol. The van der Waals surface area contributed by atoms with Gasteiger partial charge in [0.05, 0.1) is 10.8 Å². The third kappa shape index (κ3) is 3.29. The van der Waals surface area contributed by atoms with Crippen LogP contribution in [0.15, 0.2) is 47.3 Å².